The summed E-state index contributed by atoms with van der Waals surface area (Å²) in [5.74, 6) is 0.485. The van der Waals surface area contributed by atoms with Crippen LogP contribution in [0.2, 0.25) is 0 Å². The fourth-order valence-corrected chi connectivity index (χ4v) is 3.41. The van der Waals surface area contributed by atoms with Gasteiger partial charge in [0, 0.05) is 28.7 Å². The predicted molar refractivity (Wildman–Crippen MR) is 112 cm³/mol. The number of anilines is 1. The van der Waals surface area contributed by atoms with Crippen LogP contribution in [-0.4, -0.2) is 44.4 Å². The standard InChI is InChI=1S/C20H19BFN5O3/c1-11-16(17-14(21(28)29)7-4-8-15(17)24-11)18-25-19(20(30-2)27-26-18)23-10-12-5-3-6-13(22)9-12/h3-9,24,28-29H,10H2,1-2H3,(H,23,25,26). The first-order valence-corrected chi connectivity index (χ1v) is 9.22. The second-order valence-corrected chi connectivity index (χ2v) is 6.75. The summed E-state index contributed by atoms with van der Waals surface area (Å²) in [5, 5.41) is 31.6. The van der Waals surface area contributed by atoms with Gasteiger partial charge in [0.2, 0.25) is 0 Å². The van der Waals surface area contributed by atoms with Gasteiger partial charge in [-0.1, -0.05) is 24.3 Å². The second kappa shape index (κ2) is 8.09. The Bertz CT molecular complexity index is 1210. The smallest absolute Gasteiger partial charge is 0.477 e. The molecular formula is C20H19BFN5O3. The van der Waals surface area contributed by atoms with Crippen LogP contribution >= 0.6 is 0 Å². The zero-order chi connectivity index (χ0) is 21.3. The Morgan fingerprint density at radius 2 is 1.97 bits per heavy atom. The number of aromatic nitrogens is 4. The summed E-state index contributed by atoms with van der Waals surface area (Å²) in [6.07, 6.45) is 0. The Labute approximate surface area is 171 Å². The molecule has 0 radical (unpaired) electrons. The van der Waals surface area contributed by atoms with Gasteiger partial charge in [0.05, 0.1) is 7.11 Å². The molecule has 0 saturated heterocycles. The maximum Gasteiger partial charge on any atom is 0.489 e. The summed E-state index contributed by atoms with van der Waals surface area (Å²) in [4.78, 5) is 7.76. The first-order chi connectivity index (χ1) is 14.5. The lowest BCUT2D eigenvalue weighted by atomic mass is 9.77. The van der Waals surface area contributed by atoms with Crippen molar-refractivity contribution in [2.75, 3.05) is 12.4 Å². The van der Waals surface area contributed by atoms with Crippen molar-refractivity contribution >= 4 is 29.3 Å². The summed E-state index contributed by atoms with van der Waals surface area (Å²) in [6.45, 7) is 2.15. The minimum Gasteiger partial charge on any atom is -0.477 e. The van der Waals surface area contributed by atoms with Crippen LogP contribution in [0.25, 0.3) is 22.3 Å². The molecule has 30 heavy (non-hydrogen) atoms. The molecule has 4 rings (SSSR count). The molecule has 0 aliphatic rings. The van der Waals surface area contributed by atoms with Crippen LogP contribution in [-0.2, 0) is 6.54 Å². The third-order valence-corrected chi connectivity index (χ3v) is 4.74. The van der Waals surface area contributed by atoms with Gasteiger partial charge in [-0.05, 0) is 36.1 Å². The number of H-pyrrole nitrogens is 1. The van der Waals surface area contributed by atoms with E-state index in [0.29, 0.717) is 28.8 Å². The number of aryl methyl sites for hydroxylation is 1. The van der Waals surface area contributed by atoms with E-state index in [1.807, 2.05) is 13.0 Å². The van der Waals surface area contributed by atoms with Gasteiger partial charge >= 0.3 is 7.12 Å². The summed E-state index contributed by atoms with van der Waals surface area (Å²) < 4.78 is 18.7. The maximum absolute atomic E-state index is 13.4. The van der Waals surface area contributed by atoms with Gasteiger partial charge in [-0.25, -0.2) is 9.37 Å². The van der Waals surface area contributed by atoms with Crippen LogP contribution in [0.4, 0.5) is 10.2 Å². The lowest BCUT2D eigenvalue weighted by Crippen LogP contribution is -2.30. The Morgan fingerprint density at radius 3 is 2.70 bits per heavy atom. The van der Waals surface area contributed by atoms with Crippen LogP contribution in [0.15, 0.2) is 42.5 Å². The summed E-state index contributed by atoms with van der Waals surface area (Å²) in [6, 6.07) is 11.4. The lowest BCUT2D eigenvalue weighted by molar-refractivity contribution is 0.391. The minimum absolute atomic E-state index is 0.190. The van der Waals surface area contributed by atoms with Crippen LogP contribution in [0.1, 0.15) is 11.3 Å². The van der Waals surface area contributed by atoms with E-state index in [9.17, 15) is 14.4 Å². The van der Waals surface area contributed by atoms with Gasteiger partial charge in [-0.15, -0.1) is 10.2 Å². The van der Waals surface area contributed by atoms with Crippen molar-refractivity contribution in [3.05, 3.63) is 59.5 Å². The minimum atomic E-state index is -1.65. The van der Waals surface area contributed by atoms with E-state index in [-0.39, 0.29) is 17.5 Å². The summed E-state index contributed by atoms with van der Waals surface area (Å²) in [5.41, 5.74) is 3.15. The molecule has 0 saturated carbocycles. The molecule has 4 aromatic rings. The summed E-state index contributed by atoms with van der Waals surface area (Å²) in [7, 11) is -0.199. The molecule has 8 nitrogen and oxygen atoms in total. The highest BCUT2D eigenvalue weighted by Crippen LogP contribution is 2.31. The van der Waals surface area contributed by atoms with Gasteiger partial charge in [-0.2, -0.15) is 0 Å². The number of methoxy groups -OCH3 is 1. The molecule has 0 bridgehead atoms. The van der Waals surface area contributed by atoms with Gasteiger partial charge in [0.15, 0.2) is 11.6 Å². The average molecular weight is 407 g/mol. The Balaban J connectivity index is 1.77. The molecule has 2 aromatic heterocycles. The third kappa shape index (κ3) is 3.70. The first kappa shape index (κ1) is 19.8. The van der Waals surface area contributed by atoms with Crippen LogP contribution in [0.3, 0.4) is 0 Å². The number of fused-ring (bicyclic) bond motifs is 1. The van der Waals surface area contributed by atoms with Gasteiger partial charge in [-0.3, -0.25) is 0 Å². The van der Waals surface area contributed by atoms with Crippen molar-refractivity contribution in [2.45, 2.75) is 13.5 Å². The largest absolute Gasteiger partial charge is 0.489 e. The van der Waals surface area contributed by atoms with Crippen LogP contribution in [0, 0.1) is 12.7 Å². The number of rotatable bonds is 6. The highest BCUT2D eigenvalue weighted by atomic mass is 19.1. The Morgan fingerprint density at radius 1 is 1.17 bits per heavy atom. The normalized spacial score (nSPS) is 11.0. The highest BCUT2D eigenvalue weighted by molar-refractivity contribution is 6.62. The first-order valence-electron chi connectivity index (χ1n) is 9.22. The molecule has 4 N–H and O–H groups in total. The molecule has 0 fully saturated rings. The molecule has 0 aliphatic carbocycles. The number of nitrogens with one attached hydrogen (secondary N) is 2. The van der Waals surface area contributed by atoms with Gasteiger partial charge in [0.25, 0.3) is 5.88 Å². The number of hydrogen-bond acceptors (Lipinski definition) is 7. The number of hydrogen-bond donors (Lipinski definition) is 4. The van der Waals surface area contributed by atoms with Gasteiger partial charge in [0.1, 0.15) is 5.82 Å². The van der Waals surface area contributed by atoms with Crippen molar-refractivity contribution in [3.63, 3.8) is 0 Å². The zero-order valence-corrected chi connectivity index (χ0v) is 16.3. The van der Waals surface area contributed by atoms with Crippen molar-refractivity contribution in [1.29, 1.82) is 0 Å². The quantitative estimate of drug-likeness (QED) is 0.360. The fourth-order valence-electron chi connectivity index (χ4n) is 3.41. The van der Waals surface area contributed by atoms with E-state index in [4.69, 9.17) is 4.74 Å². The van der Waals surface area contributed by atoms with Crippen LogP contribution < -0.4 is 15.5 Å². The Hall–Kier alpha value is -3.50. The van der Waals surface area contributed by atoms with Crippen LogP contribution in [0.5, 0.6) is 5.88 Å². The van der Waals surface area contributed by atoms with E-state index in [1.165, 1.54) is 19.2 Å². The molecule has 0 spiro atoms. The fraction of sp³-hybridized carbons (Fsp3) is 0.150. The van der Waals surface area contributed by atoms with Crippen molar-refractivity contribution in [3.8, 4) is 17.3 Å². The number of ether oxygens (including phenoxy) is 1. The van der Waals surface area contributed by atoms with E-state index < -0.39 is 7.12 Å². The molecule has 0 amide bonds. The van der Waals surface area contributed by atoms with E-state index in [0.717, 1.165) is 16.8 Å². The maximum atomic E-state index is 13.4. The zero-order valence-electron chi connectivity index (χ0n) is 16.3. The Kier molecular flexibility index (Phi) is 5.34. The van der Waals surface area contributed by atoms with Crippen molar-refractivity contribution in [2.24, 2.45) is 0 Å². The predicted octanol–water partition coefficient (Wildman–Crippen LogP) is 1.77. The third-order valence-electron chi connectivity index (χ3n) is 4.74. The topological polar surface area (TPSA) is 116 Å². The van der Waals surface area contributed by atoms with Crippen molar-refractivity contribution < 1.29 is 19.2 Å². The molecule has 0 aliphatic heterocycles. The van der Waals surface area contributed by atoms with E-state index in [2.05, 4.69) is 25.5 Å². The highest BCUT2D eigenvalue weighted by Gasteiger charge is 2.23. The van der Waals surface area contributed by atoms with Gasteiger partial charge < -0.3 is 25.1 Å². The SMILES string of the molecule is COc1nnc(-c2c(C)[nH]c3cccc(B(O)O)c23)nc1NCc1cccc(F)c1. The molecular weight excluding hydrogens is 388 g/mol. The second-order valence-electron chi connectivity index (χ2n) is 6.75. The average Bonchev–Trinajstić information content (AvgIpc) is 3.07. The van der Waals surface area contributed by atoms with E-state index in [1.54, 1.807) is 24.3 Å². The number of nitrogens with zero attached hydrogens (tertiary/aromatic N) is 3. The molecule has 2 heterocycles. The summed E-state index contributed by atoms with van der Waals surface area (Å²) >= 11 is 0. The molecule has 0 unspecified atom stereocenters. The lowest BCUT2D eigenvalue weighted by Gasteiger charge is -2.11. The van der Waals surface area contributed by atoms with E-state index >= 15 is 0 Å². The van der Waals surface area contributed by atoms with Crippen molar-refractivity contribution in [1.82, 2.24) is 20.2 Å². The molecule has 2 aromatic carbocycles. The molecule has 0 atom stereocenters. The molecule has 152 valence electrons. The number of halogens is 1. The number of aromatic amines is 1. The number of benzene rings is 2. The molecule has 10 heteroatoms. The monoisotopic (exact) mass is 407 g/mol.